The van der Waals surface area contributed by atoms with E-state index in [0.717, 1.165) is 11.1 Å². The van der Waals surface area contributed by atoms with Crippen LogP contribution in [0.25, 0.3) is 0 Å². The lowest BCUT2D eigenvalue weighted by atomic mass is 10.0. The number of carbonyl (C=O) groups excluding carboxylic acids is 1. The minimum absolute atomic E-state index is 0.0428. The number of benzene rings is 1. The highest BCUT2D eigenvalue weighted by molar-refractivity contribution is 5.85. The number of carbonyl (C=O) groups is 1. The lowest BCUT2D eigenvalue weighted by Crippen LogP contribution is -2.31. The van der Waals surface area contributed by atoms with Crippen molar-refractivity contribution in [1.82, 2.24) is 5.32 Å². The maximum atomic E-state index is 11.6. The van der Waals surface area contributed by atoms with Gasteiger partial charge in [0.1, 0.15) is 0 Å². The average molecular weight is 207 g/mol. The van der Waals surface area contributed by atoms with Crippen LogP contribution in [0.15, 0.2) is 24.3 Å². The molecule has 0 fully saturated rings. The number of nitrogens with one attached hydrogen (secondary N) is 1. The Labute approximate surface area is 90.1 Å². The van der Waals surface area contributed by atoms with Crippen molar-refractivity contribution in [2.45, 2.75) is 26.0 Å². The molecule has 2 N–H and O–H groups in total. The summed E-state index contributed by atoms with van der Waals surface area (Å²) in [6.45, 7) is 1.89. The first kappa shape index (κ1) is 11.9. The van der Waals surface area contributed by atoms with Crippen molar-refractivity contribution in [2.24, 2.45) is 0 Å². The molecule has 0 spiro atoms. The van der Waals surface area contributed by atoms with Gasteiger partial charge in [0.05, 0.1) is 12.6 Å². The molecule has 0 aromatic heterocycles. The Balaban J connectivity index is 2.61. The van der Waals surface area contributed by atoms with Crippen LogP contribution in [0.2, 0.25) is 0 Å². The van der Waals surface area contributed by atoms with Gasteiger partial charge in [-0.1, -0.05) is 24.3 Å². The Morgan fingerprint density at radius 3 is 2.33 bits per heavy atom. The first-order chi connectivity index (χ1) is 7.17. The van der Waals surface area contributed by atoms with Gasteiger partial charge in [0, 0.05) is 6.42 Å². The molecule has 0 aliphatic carbocycles. The molecule has 0 saturated heterocycles. The molecular weight excluding hydrogens is 190 g/mol. The Morgan fingerprint density at radius 1 is 1.33 bits per heavy atom. The van der Waals surface area contributed by atoms with E-state index >= 15 is 0 Å². The van der Waals surface area contributed by atoms with Gasteiger partial charge in [-0.15, -0.1) is 0 Å². The Bertz CT molecular complexity index is 319. The van der Waals surface area contributed by atoms with E-state index in [9.17, 15) is 4.79 Å². The normalized spacial score (nSPS) is 12.5. The van der Waals surface area contributed by atoms with Crippen LogP contribution in [0.5, 0.6) is 0 Å². The van der Waals surface area contributed by atoms with E-state index in [4.69, 9.17) is 5.11 Å². The molecule has 0 aliphatic rings. The fourth-order valence-corrected chi connectivity index (χ4v) is 1.28. The van der Waals surface area contributed by atoms with E-state index in [0.29, 0.717) is 6.42 Å². The molecular formula is C12H17NO2. The number of hydrogen-bond donors (Lipinski definition) is 2. The number of rotatable bonds is 5. The second-order valence-electron chi connectivity index (χ2n) is 3.63. The van der Waals surface area contributed by atoms with Gasteiger partial charge in [-0.25, -0.2) is 0 Å². The van der Waals surface area contributed by atoms with Crippen molar-refractivity contribution >= 4 is 5.78 Å². The quantitative estimate of drug-likeness (QED) is 0.754. The molecule has 0 aliphatic heterocycles. The van der Waals surface area contributed by atoms with Crippen molar-refractivity contribution in [3.63, 3.8) is 0 Å². The number of aliphatic hydroxyl groups excluding tert-OH is 1. The van der Waals surface area contributed by atoms with Gasteiger partial charge in [0.25, 0.3) is 0 Å². The summed E-state index contributed by atoms with van der Waals surface area (Å²) in [5.74, 6) is 0.175. The monoisotopic (exact) mass is 207 g/mol. The molecule has 0 amide bonds. The van der Waals surface area contributed by atoms with Gasteiger partial charge in [-0.05, 0) is 25.1 Å². The van der Waals surface area contributed by atoms with E-state index in [1.807, 2.05) is 31.2 Å². The van der Waals surface area contributed by atoms with E-state index in [-0.39, 0.29) is 18.4 Å². The first-order valence-electron chi connectivity index (χ1n) is 5.06. The summed E-state index contributed by atoms with van der Waals surface area (Å²) in [5, 5.41) is 11.8. The molecule has 0 radical (unpaired) electrons. The molecule has 1 unspecified atom stereocenters. The average Bonchev–Trinajstić information content (AvgIpc) is 2.29. The van der Waals surface area contributed by atoms with Gasteiger partial charge in [-0.2, -0.15) is 0 Å². The molecule has 0 bridgehead atoms. The lowest BCUT2D eigenvalue weighted by Gasteiger charge is -2.08. The van der Waals surface area contributed by atoms with Crippen LogP contribution in [0.4, 0.5) is 0 Å². The topological polar surface area (TPSA) is 49.3 Å². The van der Waals surface area contributed by atoms with Gasteiger partial charge >= 0.3 is 0 Å². The number of aliphatic hydroxyl groups is 1. The van der Waals surface area contributed by atoms with Crippen molar-refractivity contribution in [3.05, 3.63) is 35.4 Å². The van der Waals surface area contributed by atoms with Gasteiger partial charge in [-0.3, -0.25) is 4.79 Å². The van der Waals surface area contributed by atoms with Gasteiger partial charge < -0.3 is 10.4 Å². The fourth-order valence-electron chi connectivity index (χ4n) is 1.28. The summed E-state index contributed by atoms with van der Waals surface area (Å²) in [6, 6.07) is 7.33. The summed E-state index contributed by atoms with van der Waals surface area (Å²) in [5.41, 5.74) is 1.85. The largest absolute Gasteiger partial charge is 0.392 e. The molecule has 0 heterocycles. The first-order valence-corrected chi connectivity index (χ1v) is 5.06. The molecule has 3 nitrogen and oxygen atoms in total. The van der Waals surface area contributed by atoms with Gasteiger partial charge in [0.15, 0.2) is 5.78 Å². The SMILES string of the molecule is CNC(C)C(=O)Cc1ccc(CO)cc1. The second kappa shape index (κ2) is 5.63. The zero-order valence-electron chi connectivity index (χ0n) is 9.16. The van der Waals surface area contributed by atoms with E-state index in [1.54, 1.807) is 7.05 Å². The zero-order valence-corrected chi connectivity index (χ0v) is 9.16. The third-order valence-electron chi connectivity index (χ3n) is 2.50. The van der Waals surface area contributed by atoms with E-state index in [2.05, 4.69) is 5.32 Å². The van der Waals surface area contributed by atoms with Crippen LogP contribution >= 0.6 is 0 Å². The van der Waals surface area contributed by atoms with Crippen LogP contribution in [0.1, 0.15) is 18.1 Å². The second-order valence-corrected chi connectivity index (χ2v) is 3.63. The zero-order chi connectivity index (χ0) is 11.3. The molecule has 3 heteroatoms. The molecule has 1 atom stereocenters. The Hall–Kier alpha value is -1.19. The molecule has 0 saturated carbocycles. The van der Waals surface area contributed by atoms with Crippen molar-refractivity contribution < 1.29 is 9.90 Å². The standard InChI is InChI=1S/C12H17NO2/c1-9(13-2)12(15)7-10-3-5-11(8-14)6-4-10/h3-6,9,13-14H,7-8H2,1-2H3. The fraction of sp³-hybridized carbons (Fsp3) is 0.417. The lowest BCUT2D eigenvalue weighted by molar-refractivity contribution is -0.119. The Kier molecular flexibility index (Phi) is 4.46. The van der Waals surface area contributed by atoms with Crippen LogP contribution in [0.3, 0.4) is 0 Å². The van der Waals surface area contributed by atoms with Crippen molar-refractivity contribution in [1.29, 1.82) is 0 Å². The predicted octanol–water partition coefficient (Wildman–Crippen LogP) is 0.898. The van der Waals surface area contributed by atoms with E-state index in [1.165, 1.54) is 0 Å². The molecule has 1 rings (SSSR count). The highest BCUT2D eigenvalue weighted by Gasteiger charge is 2.10. The van der Waals surface area contributed by atoms with Crippen LogP contribution in [-0.2, 0) is 17.8 Å². The summed E-state index contributed by atoms with van der Waals surface area (Å²) in [7, 11) is 1.78. The Morgan fingerprint density at radius 2 is 1.87 bits per heavy atom. The van der Waals surface area contributed by atoms with Crippen molar-refractivity contribution in [3.8, 4) is 0 Å². The third-order valence-corrected chi connectivity index (χ3v) is 2.50. The molecule has 82 valence electrons. The highest BCUT2D eigenvalue weighted by atomic mass is 16.3. The molecule has 15 heavy (non-hydrogen) atoms. The summed E-state index contributed by atoms with van der Waals surface area (Å²) in [6.07, 6.45) is 0.438. The summed E-state index contributed by atoms with van der Waals surface area (Å²) in [4.78, 5) is 11.6. The predicted molar refractivity (Wildman–Crippen MR) is 59.6 cm³/mol. The third kappa shape index (κ3) is 3.46. The number of ketones is 1. The molecule has 1 aromatic rings. The van der Waals surface area contributed by atoms with Gasteiger partial charge in [0.2, 0.25) is 0 Å². The number of Topliss-reactive ketones (excluding diaryl/α,β-unsaturated/α-hetero) is 1. The summed E-state index contributed by atoms with van der Waals surface area (Å²) < 4.78 is 0. The maximum Gasteiger partial charge on any atom is 0.153 e. The smallest absolute Gasteiger partial charge is 0.153 e. The minimum atomic E-state index is -0.109. The summed E-state index contributed by atoms with van der Waals surface area (Å²) >= 11 is 0. The minimum Gasteiger partial charge on any atom is -0.392 e. The van der Waals surface area contributed by atoms with Crippen molar-refractivity contribution in [2.75, 3.05) is 7.05 Å². The van der Waals surface area contributed by atoms with E-state index < -0.39 is 0 Å². The van der Waals surface area contributed by atoms with Crippen LogP contribution in [-0.4, -0.2) is 24.0 Å². The van der Waals surface area contributed by atoms with Crippen LogP contribution < -0.4 is 5.32 Å². The number of hydrogen-bond acceptors (Lipinski definition) is 3. The highest BCUT2D eigenvalue weighted by Crippen LogP contribution is 2.06. The van der Waals surface area contributed by atoms with Crippen LogP contribution in [0, 0.1) is 0 Å². The number of likely N-dealkylation sites (N-methyl/N-ethyl adjacent to an activating group) is 1. The molecule has 1 aromatic carbocycles. The maximum absolute atomic E-state index is 11.6.